The zero-order valence-corrected chi connectivity index (χ0v) is 13.3. The molecule has 1 amide bonds. The van der Waals surface area contributed by atoms with Gasteiger partial charge in [0, 0.05) is 25.7 Å². The average Bonchev–Trinajstić information content (AvgIpc) is 2.87. The Hall–Kier alpha value is -1.06. The van der Waals surface area contributed by atoms with Crippen LogP contribution in [0.5, 0.6) is 0 Å². The molecule has 0 N–H and O–H groups in total. The molecule has 0 radical (unpaired) electrons. The largest absolute Gasteiger partial charge is 0.312 e. The Bertz CT molecular complexity index is 485. The van der Waals surface area contributed by atoms with E-state index in [4.69, 9.17) is 11.6 Å². The number of alkyl halides is 1. The van der Waals surface area contributed by atoms with Gasteiger partial charge in [-0.3, -0.25) is 4.79 Å². The molecule has 0 saturated heterocycles. The van der Waals surface area contributed by atoms with Gasteiger partial charge in [-0.15, -0.1) is 11.6 Å². The lowest BCUT2D eigenvalue weighted by Gasteiger charge is -2.22. The predicted octanol–water partition coefficient (Wildman–Crippen LogP) is 3.22. The first-order valence-corrected chi connectivity index (χ1v) is 7.77. The number of fused-ring (bicyclic) bond motifs is 1. The van der Waals surface area contributed by atoms with Crippen LogP contribution in [0.3, 0.4) is 0 Å². The van der Waals surface area contributed by atoms with Crippen molar-refractivity contribution in [1.82, 2.24) is 4.90 Å². The maximum Gasteiger partial charge on any atom is 0.223 e. The fourth-order valence-corrected chi connectivity index (χ4v) is 3.09. The summed E-state index contributed by atoms with van der Waals surface area (Å²) in [4.78, 5) is 15.7. The molecule has 20 heavy (non-hydrogen) atoms. The monoisotopic (exact) mass is 294 g/mol. The highest BCUT2D eigenvalue weighted by Crippen LogP contribution is 2.32. The third-order valence-electron chi connectivity index (χ3n) is 4.05. The van der Waals surface area contributed by atoms with Crippen molar-refractivity contribution in [2.45, 2.75) is 32.6 Å². The van der Waals surface area contributed by atoms with Crippen LogP contribution in [0.4, 0.5) is 5.69 Å². The Kier molecular flexibility index (Phi) is 5.06. The van der Waals surface area contributed by atoms with Crippen molar-refractivity contribution < 1.29 is 4.79 Å². The number of anilines is 1. The van der Waals surface area contributed by atoms with E-state index in [0.717, 1.165) is 43.9 Å². The third kappa shape index (κ3) is 3.15. The van der Waals surface area contributed by atoms with E-state index < -0.39 is 0 Å². The van der Waals surface area contributed by atoms with Crippen molar-refractivity contribution in [3.05, 3.63) is 29.3 Å². The van der Waals surface area contributed by atoms with Crippen LogP contribution in [0.25, 0.3) is 0 Å². The molecular weight excluding hydrogens is 272 g/mol. The molecular formula is C16H23ClN2O. The van der Waals surface area contributed by atoms with Crippen molar-refractivity contribution in [3.8, 4) is 0 Å². The first-order chi connectivity index (χ1) is 9.56. The van der Waals surface area contributed by atoms with Gasteiger partial charge in [-0.05, 0) is 36.7 Å². The molecule has 0 bridgehead atoms. The van der Waals surface area contributed by atoms with Crippen LogP contribution in [-0.4, -0.2) is 37.0 Å². The van der Waals surface area contributed by atoms with E-state index in [-0.39, 0.29) is 11.3 Å². The summed E-state index contributed by atoms with van der Waals surface area (Å²) in [6, 6.07) is 6.26. The molecule has 1 atom stereocenters. The second-order valence-electron chi connectivity index (χ2n) is 5.26. The highest BCUT2D eigenvalue weighted by atomic mass is 35.5. The molecule has 3 nitrogen and oxygen atoms in total. The second-order valence-corrected chi connectivity index (χ2v) is 5.79. The summed E-state index contributed by atoms with van der Waals surface area (Å²) >= 11 is 6.54. The van der Waals surface area contributed by atoms with Gasteiger partial charge in [-0.2, -0.15) is 0 Å². The van der Waals surface area contributed by atoms with Gasteiger partial charge in [-0.1, -0.05) is 26.0 Å². The van der Waals surface area contributed by atoms with Crippen molar-refractivity contribution in [1.29, 1.82) is 0 Å². The van der Waals surface area contributed by atoms with Crippen LogP contribution in [0, 0.1) is 0 Å². The van der Waals surface area contributed by atoms with E-state index in [1.165, 1.54) is 5.56 Å². The van der Waals surface area contributed by atoms with E-state index in [2.05, 4.69) is 30.9 Å². The molecule has 0 spiro atoms. The predicted molar refractivity (Wildman–Crippen MR) is 84.6 cm³/mol. The molecule has 110 valence electrons. The minimum Gasteiger partial charge on any atom is -0.312 e. The van der Waals surface area contributed by atoms with E-state index >= 15 is 0 Å². The molecule has 1 aliphatic rings. The van der Waals surface area contributed by atoms with Crippen LogP contribution in [0.15, 0.2) is 18.2 Å². The lowest BCUT2D eigenvalue weighted by atomic mass is 10.1. The first kappa shape index (κ1) is 15.3. The third-order valence-corrected chi connectivity index (χ3v) is 4.44. The number of carbonyl (C=O) groups excluding carboxylic acids is 1. The Labute approximate surface area is 126 Å². The van der Waals surface area contributed by atoms with Crippen LogP contribution in [0.1, 0.15) is 37.3 Å². The SMILES string of the molecule is CCN(CC)CC(Cl)c1ccc2c(c1)CCN2C(C)=O. The molecule has 1 unspecified atom stereocenters. The summed E-state index contributed by atoms with van der Waals surface area (Å²) in [5.74, 6) is 0.113. The lowest BCUT2D eigenvalue weighted by molar-refractivity contribution is -0.116. The van der Waals surface area contributed by atoms with Gasteiger partial charge in [-0.25, -0.2) is 0 Å². The van der Waals surface area contributed by atoms with E-state index in [9.17, 15) is 4.79 Å². The summed E-state index contributed by atoms with van der Waals surface area (Å²) in [6.07, 6.45) is 0.928. The zero-order valence-electron chi connectivity index (χ0n) is 12.5. The summed E-state index contributed by atoms with van der Waals surface area (Å²) in [5.41, 5.74) is 3.44. The molecule has 0 fully saturated rings. The Morgan fingerprint density at radius 3 is 2.70 bits per heavy atom. The first-order valence-electron chi connectivity index (χ1n) is 7.34. The molecule has 0 aromatic heterocycles. The minimum absolute atomic E-state index is 0.00609. The standard InChI is InChI=1S/C16H23ClN2O/c1-4-18(5-2)11-15(17)13-6-7-16-14(10-13)8-9-19(16)12(3)20/h6-7,10,15H,4-5,8-9,11H2,1-3H3. The Morgan fingerprint density at radius 2 is 2.10 bits per heavy atom. The van der Waals surface area contributed by atoms with Gasteiger partial charge in [0.05, 0.1) is 5.38 Å². The molecule has 1 aromatic rings. The highest BCUT2D eigenvalue weighted by Gasteiger charge is 2.23. The molecule has 1 heterocycles. The van der Waals surface area contributed by atoms with E-state index in [1.54, 1.807) is 6.92 Å². The zero-order chi connectivity index (χ0) is 14.7. The fraction of sp³-hybridized carbons (Fsp3) is 0.562. The number of amides is 1. The lowest BCUT2D eigenvalue weighted by Crippen LogP contribution is -2.26. The minimum atomic E-state index is 0.00609. The van der Waals surface area contributed by atoms with Crippen molar-refractivity contribution >= 4 is 23.2 Å². The smallest absolute Gasteiger partial charge is 0.223 e. The summed E-state index contributed by atoms with van der Waals surface area (Å²) in [6.45, 7) is 9.61. The van der Waals surface area contributed by atoms with Crippen LogP contribution in [-0.2, 0) is 11.2 Å². The van der Waals surface area contributed by atoms with Crippen molar-refractivity contribution in [3.63, 3.8) is 0 Å². The van der Waals surface area contributed by atoms with Crippen molar-refractivity contribution in [2.24, 2.45) is 0 Å². The number of benzene rings is 1. The molecule has 0 saturated carbocycles. The van der Waals surface area contributed by atoms with Crippen molar-refractivity contribution in [2.75, 3.05) is 31.1 Å². The Morgan fingerprint density at radius 1 is 1.40 bits per heavy atom. The molecule has 4 heteroatoms. The average molecular weight is 295 g/mol. The fourth-order valence-electron chi connectivity index (χ4n) is 2.76. The quantitative estimate of drug-likeness (QED) is 0.779. The molecule has 2 rings (SSSR count). The number of nitrogens with zero attached hydrogens (tertiary/aromatic N) is 2. The molecule has 0 aliphatic carbocycles. The number of likely N-dealkylation sites (N-methyl/N-ethyl adjacent to an activating group) is 1. The number of hydrogen-bond acceptors (Lipinski definition) is 2. The van der Waals surface area contributed by atoms with E-state index in [0.29, 0.717) is 0 Å². The molecule has 1 aliphatic heterocycles. The maximum absolute atomic E-state index is 11.5. The topological polar surface area (TPSA) is 23.6 Å². The van der Waals surface area contributed by atoms with Gasteiger partial charge in [0.1, 0.15) is 0 Å². The molecule has 1 aromatic carbocycles. The van der Waals surface area contributed by atoms with Gasteiger partial charge in [0.2, 0.25) is 5.91 Å². The van der Waals surface area contributed by atoms with Gasteiger partial charge < -0.3 is 9.80 Å². The van der Waals surface area contributed by atoms with Gasteiger partial charge >= 0.3 is 0 Å². The normalized spacial score (nSPS) is 15.6. The number of rotatable bonds is 5. The Balaban J connectivity index is 2.14. The maximum atomic E-state index is 11.5. The second kappa shape index (κ2) is 6.59. The number of hydrogen-bond donors (Lipinski definition) is 0. The van der Waals surface area contributed by atoms with Crippen LogP contribution >= 0.6 is 11.6 Å². The van der Waals surface area contributed by atoms with E-state index in [1.807, 2.05) is 11.0 Å². The number of halogens is 1. The highest BCUT2D eigenvalue weighted by molar-refractivity contribution is 6.21. The van der Waals surface area contributed by atoms with Gasteiger partial charge in [0.15, 0.2) is 0 Å². The summed E-state index contributed by atoms with van der Waals surface area (Å²) < 4.78 is 0. The van der Waals surface area contributed by atoms with Gasteiger partial charge in [0.25, 0.3) is 0 Å². The number of carbonyl (C=O) groups is 1. The van der Waals surface area contributed by atoms with Crippen LogP contribution in [0.2, 0.25) is 0 Å². The summed E-state index contributed by atoms with van der Waals surface area (Å²) in [5, 5.41) is 0.00609. The van der Waals surface area contributed by atoms with Crippen LogP contribution < -0.4 is 4.90 Å². The summed E-state index contributed by atoms with van der Waals surface area (Å²) in [7, 11) is 0.